The van der Waals surface area contributed by atoms with Crippen LogP contribution in [0.25, 0.3) is 0 Å². The third-order valence-electron chi connectivity index (χ3n) is 2.65. The van der Waals surface area contributed by atoms with E-state index in [4.69, 9.17) is 10.5 Å². The Morgan fingerprint density at radius 1 is 1.69 bits per heavy atom. The molecule has 72 valence electrons. The molecule has 1 atom stereocenters. The fraction of sp³-hybridized carbons (Fsp3) is 0.667. The molecule has 0 spiro atoms. The van der Waals surface area contributed by atoms with Crippen molar-refractivity contribution in [3.63, 3.8) is 0 Å². The summed E-state index contributed by atoms with van der Waals surface area (Å²) in [6, 6.07) is 0. The molecule has 0 aliphatic carbocycles. The lowest BCUT2D eigenvalue weighted by Gasteiger charge is -2.24. The van der Waals surface area contributed by atoms with E-state index in [2.05, 4.69) is 4.98 Å². The van der Waals surface area contributed by atoms with E-state index in [0.29, 0.717) is 6.54 Å². The summed E-state index contributed by atoms with van der Waals surface area (Å²) >= 11 is 1.70. The van der Waals surface area contributed by atoms with Crippen LogP contribution in [0, 0.1) is 5.41 Å². The Bertz CT molecular complexity index is 255. The number of thiazole rings is 1. The lowest BCUT2D eigenvalue weighted by molar-refractivity contribution is 0.155. The van der Waals surface area contributed by atoms with E-state index in [1.54, 1.807) is 11.3 Å². The standard InChI is InChI=1S/C9H14N2OS/c10-5-9(1-2-12-6-9)3-8-4-11-7-13-8/h4,7H,1-3,5-6,10H2. The second-order valence-corrected chi connectivity index (χ2v) is 4.62. The van der Waals surface area contributed by atoms with Crippen LogP contribution in [-0.2, 0) is 11.2 Å². The summed E-state index contributed by atoms with van der Waals surface area (Å²) in [6.07, 6.45) is 4.04. The average Bonchev–Trinajstić information content (AvgIpc) is 2.77. The Morgan fingerprint density at radius 2 is 2.62 bits per heavy atom. The van der Waals surface area contributed by atoms with E-state index >= 15 is 0 Å². The number of nitrogens with zero attached hydrogens (tertiary/aromatic N) is 1. The molecule has 1 aliphatic heterocycles. The highest BCUT2D eigenvalue weighted by molar-refractivity contribution is 7.09. The first-order valence-electron chi connectivity index (χ1n) is 4.50. The average molecular weight is 198 g/mol. The Hall–Kier alpha value is -0.450. The number of rotatable bonds is 3. The molecular weight excluding hydrogens is 184 g/mol. The number of ether oxygens (including phenoxy) is 1. The maximum absolute atomic E-state index is 5.79. The maximum Gasteiger partial charge on any atom is 0.0794 e. The van der Waals surface area contributed by atoms with Crippen LogP contribution in [0.5, 0.6) is 0 Å². The van der Waals surface area contributed by atoms with Gasteiger partial charge in [-0.3, -0.25) is 4.98 Å². The molecule has 2 rings (SSSR count). The summed E-state index contributed by atoms with van der Waals surface area (Å²) in [5.41, 5.74) is 7.85. The minimum Gasteiger partial charge on any atom is -0.381 e. The second-order valence-electron chi connectivity index (χ2n) is 3.65. The monoisotopic (exact) mass is 198 g/mol. The van der Waals surface area contributed by atoms with Crippen molar-refractivity contribution in [2.45, 2.75) is 12.8 Å². The Labute approximate surface area is 81.9 Å². The SMILES string of the molecule is NCC1(Cc2cncs2)CCOC1. The molecule has 2 heterocycles. The number of nitrogens with two attached hydrogens (primary N) is 1. The van der Waals surface area contributed by atoms with E-state index in [1.165, 1.54) is 4.88 Å². The van der Waals surface area contributed by atoms with E-state index < -0.39 is 0 Å². The highest BCUT2D eigenvalue weighted by Crippen LogP contribution is 2.32. The highest BCUT2D eigenvalue weighted by Gasteiger charge is 2.33. The lowest BCUT2D eigenvalue weighted by atomic mass is 9.83. The van der Waals surface area contributed by atoms with Gasteiger partial charge in [0.2, 0.25) is 0 Å². The van der Waals surface area contributed by atoms with Crippen molar-refractivity contribution in [3.05, 3.63) is 16.6 Å². The number of hydrogen-bond donors (Lipinski definition) is 1. The van der Waals surface area contributed by atoms with Crippen molar-refractivity contribution in [1.82, 2.24) is 4.98 Å². The van der Waals surface area contributed by atoms with Crippen molar-refractivity contribution < 1.29 is 4.74 Å². The quantitative estimate of drug-likeness (QED) is 0.789. The molecule has 1 aromatic heterocycles. The molecule has 0 aromatic carbocycles. The molecule has 1 aromatic rings. The molecular formula is C9H14N2OS. The van der Waals surface area contributed by atoms with Gasteiger partial charge in [0, 0.05) is 29.6 Å². The molecule has 0 saturated carbocycles. The zero-order valence-corrected chi connectivity index (χ0v) is 8.35. The largest absolute Gasteiger partial charge is 0.381 e. The molecule has 1 unspecified atom stereocenters. The molecule has 13 heavy (non-hydrogen) atoms. The first-order valence-corrected chi connectivity index (χ1v) is 5.38. The van der Waals surface area contributed by atoms with Crippen LogP contribution in [0.15, 0.2) is 11.7 Å². The van der Waals surface area contributed by atoms with Crippen LogP contribution >= 0.6 is 11.3 Å². The predicted octanol–water partition coefficient (Wildman–Crippen LogP) is 1.05. The number of aromatic nitrogens is 1. The maximum atomic E-state index is 5.79. The van der Waals surface area contributed by atoms with Crippen LogP contribution in [0.4, 0.5) is 0 Å². The third kappa shape index (κ3) is 1.90. The zero-order chi connectivity index (χ0) is 9.15. The summed E-state index contributed by atoms with van der Waals surface area (Å²) in [7, 11) is 0. The van der Waals surface area contributed by atoms with E-state index in [0.717, 1.165) is 26.1 Å². The van der Waals surface area contributed by atoms with Crippen molar-refractivity contribution in [1.29, 1.82) is 0 Å². The van der Waals surface area contributed by atoms with Crippen molar-refractivity contribution in [2.75, 3.05) is 19.8 Å². The van der Waals surface area contributed by atoms with Gasteiger partial charge in [0.1, 0.15) is 0 Å². The second kappa shape index (κ2) is 3.74. The molecule has 0 amide bonds. The van der Waals surface area contributed by atoms with Crippen molar-refractivity contribution in [2.24, 2.45) is 11.1 Å². The van der Waals surface area contributed by atoms with Crippen molar-refractivity contribution in [3.8, 4) is 0 Å². The Morgan fingerprint density at radius 3 is 3.15 bits per heavy atom. The van der Waals surface area contributed by atoms with Gasteiger partial charge in [-0.1, -0.05) is 0 Å². The van der Waals surface area contributed by atoms with Gasteiger partial charge in [-0.15, -0.1) is 11.3 Å². The predicted molar refractivity (Wildman–Crippen MR) is 52.7 cm³/mol. The topological polar surface area (TPSA) is 48.1 Å². The van der Waals surface area contributed by atoms with Crippen LogP contribution in [0.2, 0.25) is 0 Å². The van der Waals surface area contributed by atoms with E-state index in [9.17, 15) is 0 Å². The first-order chi connectivity index (χ1) is 6.35. The lowest BCUT2D eigenvalue weighted by Crippen LogP contribution is -2.32. The van der Waals surface area contributed by atoms with Gasteiger partial charge in [0.15, 0.2) is 0 Å². The molecule has 3 nitrogen and oxygen atoms in total. The van der Waals surface area contributed by atoms with Crippen LogP contribution in [0.1, 0.15) is 11.3 Å². The molecule has 1 saturated heterocycles. The molecule has 2 N–H and O–H groups in total. The fourth-order valence-corrected chi connectivity index (χ4v) is 2.49. The summed E-state index contributed by atoms with van der Waals surface area (Å²) < 4.78 is 5.40. The Kier molecular flexibility index (Phi) is 2.62. The van der Waals surface area contributed by atoms with Crippen LogP contribution < -0.4 is 5.73 Å². The van der Waals surface area contributed by atoms with Gasteiger partial charge in [0.25, 0.3) is 0 Å². The normalized spacial score (nSPS) is 28.1. The number of hydrogen-bond acceptors (Lipinski definition) is 4. The zero-order valence-electron chi connectivity index (χ0n) is 7.53. The Balaban J connectivity index is 2.06. The molecule has 0 bridgehead atoms. The summed E-state index contributed by atoms with van der Waals surface area (Å²) in [5.74, 6) is 0. The molecule has 4 heteroatoms. The summed E-state index contributed by atoms with van der Waals surface area (Å²) in [5, 5.41) is 0. The third-order valence-corrected chi connectivity index (χ3v) is 3.43. The van der Waals surface area contributed by atoms with E-state index in [-0.39, 0.29) is 5.41 Å². The van der Waals surface area contributed by atoms with Gasteiger partial charge in [-0.05, 0) is 12.8 Å². The van der Waals surface area contributed by atoms with Gasteiger partial charge in [-0.25, -0.2) is 0 Å². The van der Waals surface area contributed by atoms with Gasteiger partial charge in [0.05, 0.1) is 12.1 Å². The van der Waals surface area contributed by atoms with E-state index in [1.807, 2.05) is 11.7 Å². The summed E-state index contributed by atoms with van der Waals surface area (Å²) in [4.78, 5) is 5.38. The van der Waals surface area contributed by atoms with Gasteiger partial charge >= 0.3 is 0 Å². The molecule has 1 fully saturated rings. The highest BCUT2D eigenvalue weighted by atomic mass is 32.1. The minimum absolute atomic E-state index is 0.187. The van der Waals surface area contributed by atoms with Crippen molar-refractivity contribution >= 4 is 11.3 Å². The smallest absolute Gasteiger partial charge is 0.0794 e. The molecule has 1 aliphatic rings. The van der Waals surface area contributed by atoms with Gasteiger partial charge in [-0.2, -0.15) is 0 Å². The van der Waals surface area contributed by atoms with Crippen LogP contribution in [0.3, 0.4) is 0 Å². The minimum atomic E-state index is 0.187. The first kappa shape index (κ1) is 9.12. The fourth-order valence-electron chi connectivity index (χ4n) is 1.72. The molecule has 0 radical (unpaired) electrons. The summed E-state index contributed by atoms with van der Waals surface area (Å²) in [6.45, 7) is 2.38. The van der Waals surface area contributed by atoms with Gasteiger partial charge < -0.3 is 10.5 Å². The van der Waals surface area contributed by atoms with Crippen LogP contribution in [-0.4, -0.2) is 24.7 Å².